The summed E-state index contributed by atoms with van der Waals surface area (Å²) in [6, 6.07) is 2.64. The van der Waals surface area contributed by atoms with E-state index in [2.05, 4.69) is 15.2 Å². The molecule has 0 radical (unpaired) electrons. The molecule has 0 atom stereocenters. The predicted octanol–water partition coefficient (Wildman–Crippen LogP) is 1.18. The minimum atomic E-state index is -0.800. The van der Waals surface area contributed by atoms with Crippen LogP contribution in [0, 0.1) is 6.57 Å². The van der Waals surface area contributed by atoms with Crippen LogP contribution >= 0.6 is 0 Å². The van der Waals surface area contributed by atoms with Gasteiger partial charge in [-0.15, -0.1) is 0 Å². The highest BCUT2D eigenvalue weighted by atomic mass is 16.3. The van der Waals surface area contributed by atoms with Gasteiger partial charge in [0.1, 0.15) is 5.75 Å². The average molecular weight is 261 g/mol. The number of hydrogen-bond donors (Lipinski definition) is 4. The molecular weight excluding hydrogens is 246 g/mol. The molecular formula is C12H15N5O2. The summed E-state index contributed by atoms with van der Waals surface area (Å²) in [5.74, 6) is -1.50. The molecule has 0 heterocycles. The van der Waals surface area contributed by atoms with Crippen LogP contribution in [0.5, 0.6) is 5.75 Å². The lowest BCUT2D eigenvalue weighted by Crippen LogP contribution is -2.24. The van der Waals surface area contributed by atoms with Gasteiger partial charge in [0.25, 0.3) is 5.91 Å². The molecule has 0 fully saturated rings. The number of nitrogens with two attached hydrogens (primary N) is 2. The largest absolute Gasteiger partial charge is 0.507 e. The van der Waals surface area contributed by atoms with Crippen molar-refractivity contribution in [3.8, 4) is 5.75 Å². The van der Waals surface area contributed by atoms with Gasteiger partial charge in [-0.3, -0.25) is 4.79 Å². The molecule has 0 spiro atoms. The van der Waals surface area contributed by atoms with Gasteiger partial charge in [-0.2, -0.15) is 4.99 Å². The molecule has 1 aromatic carbocycles. The van der Waals surface area contributed by atoms with E-state index in [9.17, 15) is 9.90 Å². The summed E-state index contributed by atoms with van der Waals surface area (Å²) in [5, 5.41) is 12.7. The molecule has 1 amide bonds. The van der Waals surface area contributed by atoms with Crippen LogP contribution in [-0.2, 0) is 0 Å². The fourth-order valence-electron chi connectivity index (χ4n) is 1.50. The Labute approximate surface area is 110 Å². The molecule has 0 aliphatic rings. The zero-order valence-corrected chi connectivity index (χ0v) is 10.6. The Morgan fingerprint density at radius 1 is 1.47 bits per heavy atom. The molecule has 7 nitrogen and oxygen atoms in total. The van der Waals surface area contributed by atoms with E-state index in [1.165, 1.54) is 12.1 Å². The number of phenols is 1. The predicted molar refractivity (Wildman–Crippen MR) is 73.3 cm³/mol. The molecule has 0 aliphatic carbocycles. The van der Waals surface area contributed by atoms with Gasteiger partial charge < -0.3 is 21.9 Å². The van der Waals surface area contributed by atoms with Crippen molar-refractivity contribution in [1.82, 2.24) is 0 Å². The molecule has 0 aliphatic heterocycles. The summed E-state index contributed by atoms with van der Waals surface area (Å²) in [7, 11) is 0. The highest BCUT2D eigenvalue weighted by molar-refractivity contribution is 6.09. The van der Waals surface area contributed by atoms with Crippen molar-refractivity contribution < 1.29 is 9.90 Å². The Kier molecular flexibility index (Phi) is 4.32. The lowest BCUT2D eigenvalue weighted by atomic mass is 10.1. The Hall–Kier alpha value is -2.75. The minimum absolute atomic E-state index is 0.0342. The molecule has 0 aromatic heterocycles. The number of benzene rings is 1. The van der Waals surface area contributed by atoms with Gasteiger partial charge in [-0.05, 0) is 19.9 Å². The van der Waals surface area contributed by atoms with E-state index >= 15 is 0 Å². The first kappa shape index (κ1) is 14.3. The zero-order chi connectivity index (χ0) is 14.6. The molecule has 0 bridgehead atoms. The van der Waals surface area contributed by atoms with Crippen molar-refractivity contribution in [1.29, 1.82) is 0 Å². The number of amides is 1. The van der Waals surface area contributed by atoms with Crippen LogP contribution in [0.15, 0.2) is 17.1 Å². The molecule has 6 N–H and O–H groups in total. The topological polar surface area (TPSA) is 118 Å². The fourth-order valence-corrected chi connectivity index (χ4v) is 1.50. The number of guanidine groups is 1. The lowest BCUT2D eigenvalue weighted by molar-refractivity contribution is 0.100. The monoisotopic (exact) mass is 261 g/mol. The van der Waals surface area contributed by atoms with Crippen molar-refractivity contribution in [2.45, 2.75) is 19.9 Å². The summed E-state index contributed by atoms with van der Waals surface area (Å²) < 4.78 is 0. The number of nitrogens with one attached hydrogen (secondary N) is 1. The highest BCUT2D eigenvalue weighted by Gasteiger charge is 2.20. The van der Waals surface area contributed by atoms with Crippen LogP contribution in [0.2, 0.25) is 0 Å². The second kappa shape index (κ2) is 5.73. The highest BCUT2D eigenvalue weighted by Crippen LogP contribution is 2.36. The van der Waals surface area contributed by atoms with Crippen molar-refractivity contribution in [3.63, 3.8) is 0 Å². The van der Waals surface area contributed by atoms with Gasteiger partial charge in [-0.1, -0.05) is 6.07 Å². The number of hydrogen-bond acceptors (Lipinski definition) is 3. The Morgan fingerprint density at radius 2 is 2.11 bits per heavy atom. The number of aliphatic imine (C=N–C) groups is 1. The van der Waals surface area contributed by atoms with Gasteiger partial charge >= 0.3 is 0 Å². The molecule has 1 aromatic rings. The van der Waals surface area contributed by atoms with Gasteiger partial charge in [0.05, 0.1) is 17.8 Å². The first-order chi connectivity index (χ1) is 8.86. The molecule has 0 saturated carbocycles. The Morgan fingerprint density at radius 3 is 2.58 bits per heavy atom. The third-order valence-corrected chi connectivity index (χ3v) is 2.16. The maximum atomic E-state index is 11.9. The van der Waals surface area contributed by atoms with Gasteiger partial charge in [0.15, 0.2) is 5.96 Å². The SMILES string of the molecule is [C-]#[N+]c1ccc(O)c(C(=O)N=C(N)N)c1NC(C)C. The first-order valence-corrected chi connectivity index (χ1v) is 5.50. The normalized spacial score (nSPS) is 9.79. The smallest absolute Gasteiger partial charge is 0.284 e. The maximum Gasteiger partial charge on any atom is 0.284 e. The zero-order valence-electron chi connectivity index (χ0n) is 10.6. The summed E-state index contributed by atoms with van der Waals surface area (Å²) in [4.78, 5) is 18.6. The number of carbonyl (C=O) groups is 1. The van der Waals surface area contributed by atoms with Crippen molar-refractivity contribution in [2.75, 3.05) is 5.32 Å². The number of nitrogens with zero attached hydrogens (tertiary/aromatic N) is 2. The number of rotatable bonds is 3. The second-order valence-electron chi connectivity index (χ2n) is 4.11. The third-order valence-electron chi connectivity index (χ3n) is 2.16. The van der Waals surface area contributed by atoms with E-state index in [4.69, 9.17) is 18.0 Å². The lowest BCUT2D eigenvalue weighted by Gasteiger charge is -2.16. The van der Waals surface area contributed by atoms with E-state index < -0.39 is 11.9 Å². The van der Waals surface area contributed by atoms with Crippen LogP contribution in [0.4, 0.5) is 11.4 Å². The van der Waals surface area contributed by atoms with Crippen molar-refractivity contribution >= 4 is 23.2 Å². The van der Waals surface area contributed by atoms with E-state index in [1.54, 1.807) is 0 Å². The fraction of sp³-hybridized carbons (Fsp3) is 0.250. The minimum Gasteiger partial charge on any atom is -0.507 e. The van der Waals surface area contributed by atoms with Gasteiger partial charge in [-0.25, -0.2) is 4.85 Å². The van der Waals surface area contributed by atoms with Crippen molar-refractivity contribution in [2.24, 2.45) is 16.5 Å². The Bertz CT molecular complexity index is 568. The third kappa shape index (κ3) is 3.35. The molecule has 0 unspecified atom stereocenters. The number of anilines is 1. The quantitative estimate of drug-likeness (QED) is 0.370. The first-order valence-electron chi connectivity index (χ1n) is 5.50. The molecule has 19 heavy (non-hydrogen) atoms. The summed E-state index contributed by atoms with van der Waals surface area (Å²) in [5.41, 5.74) is 10.6. The van der Waals surface area contributed by atoms with Crippen LogP contribution < -0.4 is 16.8 Å². The van der Waals surface area contributed by atoms with E-state index in [0.29, 0.717) is 0 Å². The summed E-state index contributed by atoms with van der Waals surface area (Å²) in [6.07, 6.45) is 0. The van der Waals surface area contributed by atoms with Crippen LogP contribution in [0.1, 0.15) is 24.2 Å². The van der Waals surface area contributed by atoms with E-state index in [1.807, 2.05) is 13.8 Å². The summed E-state index contributed by atoms with van der Waals surface area (Å²) >= 11 is 0. The van der Waals surface area contributed by atoms with Crippen LogP contribution in [0.3, 0.4) is 0 Å². The molecule has 1 rings (SSSR count). The second-order valence-corrected chi connectivity index (χ2v) is 4.11. The number of carbonyl (C=O) groups excluding carboxylic acids is 1. The van der Waals surface area contributed by atoms with E-state index in [-0.39, 0.29) is 28.7 Å². The maximum absolute atomic E-state index is 11.9. The Balaban J connectivity index is 3.47. The standard InChI is InChI=1S/C12H15N5O2/c1-6(2)16-10-7(15-3)4-5-8(18)9(10)11(19)17-12(13)14/h4-6,16,18H,1-2H3,(H4,13,14,17,19). The van der Waals surface area contributed by atoms with Crippen LogP contribution in [-0.4, -0.2) is 23.0 Å². The number of aromatic hydroxyl groups is 1. The average Bonchev–Trinajstić information content (AvgIpc) is 2.27. The van der Waals surface area contributed by atoms with Crippen molar-refractivity contribution in [3.05, 3.63) is 29.1 Å². The van der Waals surface area contributed by atoms with Crippen LogP contribution in [0.25, 0.3) is 4.85 Å². The molecule has 0 saturated heterocycles. The molecule has 100 valence electrons. The van der Waals surface area contributed by atoms with E-state index in [0.717, 1.165) is 0 Å². The molecule has 7 heteroatoms. The van der Waals surface area contributed by atoms with Gasteiger partial charge in [0, 0.05) is 6.04 Å². The van der Waals surface area contributed by atoms with Gasteiger partial charge in [0.2, 0.25) is 5.69 Å². The number of phenolic OH excluding ortho intramolecular Hbond substituents is 1. The summed E-state index contributed by atoms with van der Waals surface area (Å²) in [6.45, 7) is 10.8.